The molecule has 0 spiro atoms. The maximum atomic E-state index is 10.2. The number of carbonyl (C=O) groups excluding carboxylic acids is 3. The summed E-state index contributed by atoms with van der Waals surface area (Å²) in [6.07, 6.45) is 0.911. The zero-order chi connectivity index (χ0) is 8.97. The van der Waals surface area contributed by atoms with E-state index in [2.05, 4.69) is 0 Å². The molecule has 84 valence electrons. The van der Waals surface area contributed by atoms with Crippen LogP contribution in [0.5, 0.6) is 0 Å². The molecule has 15 heavy (non-hydrogen) atoms. The van der Waals surface area contributed by atoms with Crippen molar-refractivity contribution in [2.24, 2.45) is 0 Å². The van der Waals surface area contributed by atoms with Crippen molar-refractivity contribution in [1.82, 2.24) is 0 Å². The maximum Gasteiger partial charge on any atom is 0.124 e. The quantitative estimate of drug-likeness (QED) is 0.630. The van der Waals surface area contributed by atoms with Gasteiger partial charge >= 0.3 is 0 Å². The fourth-order valence-electron chi connectivity index (χ4n) is 1.18. The second-order valence-electron chi connectivity index (χ2n) is 2.65. The van der Waals surface area contributed by atoms with Gasteiger partial charge < -0.3 is 0 Å². The molecule has 0 aliphatic heterocycles. The molecule has 0 aromatic carbocycles. The second-order valence-corrected chi connectivity index (χ2v) is 2.65. The van der Waals surface area contributed by atoms with E-state index in [1.54, 1.807) is 17.8 Å². The van der Waals surface area contributed by atoms with Gasteiger partial charge in [-0.25, -0.2) is 14.4 Å². The summed E-state index contributed by atoms with van der Waals surface area (Å²) in [6, 6.07) is 0. The van der Waals surface area contributed by atoms with Gasteiger partial charge in [0.15, 0.2) is 0 Å². The number of hydrogen-bond donors (Lipinski definition) is 0. The van der Waals surface area contributed by atoms with Crippen molar-refractivity contribution in [1.29, 1.82) is 0 Å². The van der Waals surface area contributed by atoms with Crippen LogP contribution in [0.4, 0.5) is 0 Å². The van der Waals surface area contributed by atoms with Crippen LogP contribution in [0.25, 0.3) is 0 Å². The summed E-state index contributed by atoms with van der Waals surface area (Å²) < 4.78 is 0. The molecule has 0 bridgehead atoms. The highest BCUT2D eigenvalue weighted by Gasteiger charge is 2.16. The average molecular weight is 272 g/mol. The van der Waals surface area contributed by atoms with Crippen LogP contribution in [-0.2, 0) is 14.4 Å². The average Bonchev–Trinajstić information content (AvgIpc) is 2.16. The first-order valence-corrected chi connectivity index (χ1v) is 3.48. The third kappa shape index (κ3) is 5.61. The lowest BCUT2D eigenvalue weighted by atomic mass is 9.89. The van der Waals surface area contributed by atoms with Gasteiger partial charge in [-0.3, -0.25) is 0 Å². The highest BCUT2D eigenvalue weighted by Crippen LogP contribution is 2.27. The Bertz CT molecular complexity index is 288. The first-order valence-electron chi connectivity index (χ1n) is 3.48. The molecule has 3 nitrogen and oxygen atoms in total. The molecule has 0 radical (unpaired) electrons. The van der Waals surface area contributed by atoms with Gasteiger partial charge in [0.05, 0.1) is 0 Å². The van der Waals surface area contributed by atoms with Crippen LogP contribution in [0.2, 0.25) is 0 Å². The third-order valence-corrected chi connectivity index (χ3v) is 1.71. The Kier molecular flexibility index (Phi) is 12.8. The maximum absolute atomic E-state index is 10.2. The Morgan fingerprint density at radius 2 is 0.800 bits per heavy atom. The Labute approximate surface area is 106 Å². The standard InChI is InChI=1S/C9H6O3.3ClH/c10-4-7-1-8(5-11)3-9(2-7)6-12;;;/h1-3H2;3*1H. The molecule has 0 aromatic heterocycles. The molecule has 0 N–H and O–H groups in total. The van der Waals surface area contributed by atoms with Crippen LogP contribution in [0.1, 0.15) is 19.3 Å². The van der Waals surface area contributed by atoms with Crippen molar-refractivity contribution in [2.45, 2.75) is 19.3 Å². The molecule has 0 atom stereocenters. The fraction of sp³-hybridized carbons (Fsp3) is 0.333. The summed E-state index contributed by atoms with van der Waals surface area (Å²) >= 11 is 0. The zero-order valence-corrected chi connectivity index (χ0v) is 10.0. The summed E-state index contributed by atoms with van der Waals surface area (Å²) in [5.74, 6) is 5.10. The SMILES string of the molecule is Cl.Cl.Cl.O=C=C1CC(=C=O)CC(=C=O)C1. The summed E-state index contributed by atoms with van der Waals surface area (Å²) in [6.45, 7) is 0. The second kappa shape index (κ2) is 9.76. The van der Waals surface area contributed by atoms with Crippen molar-refractivity contribution in [2.75, 3.05) is 0 Å². The molecule has 0 aromatic rings. The normalized spacial score (nSPS) is 13.2. The van der Waals surface area contributed by atoms with Gasteiger partial charge in [-0.15, -0.1) is 37.2 Å². The molecule has 0 saturated heterocycles. The van der Waals surface area contributed by atoms with Crippen molar-refractivity contribution in [3.63, 3.8) is 0 Å². The van der Waals surface area contributed by atoms with Crippen molar-refractivity contribution >= 4 is 55.0 Å². The lowest BCUT2D eigenvalue weighted by Crippen LogP contribution is -2.02. The molecular weight excluding hydrogens is 262 g/mol. The van der Waals surface area contributed by atoms with E-state index in [0.29, 0.717) is 36.0 Å². The monoisotopic (exact) mass is 270 g/mol. The molecule has 0 unspecified atom stereocenters. The van der Waals surface area contributed by atoms with Gasteiger partial charge in [-0.2, -0.15) is 0 Å². The smallest absolute Gasteiger partial charge is 0.124 e. The minimum atomic E-state index is 0. The Balaban J connectivity index is -0.000000480. The highest BCUT2D eigenvalue weighted by atomic mass is 35.5. The number of rotatable bonds is 0. The largest absolute Gasteiger partial charge is 0.234 e. The van der Waals surface area contributed by atoms with E-state index in [1.807, 2.05) is 0 Å². The van der Waals surface area contributed by atoms with Crippen LogP contribution >= 0.6 is 37.2 Å². The fourth-order valence-corrected chi connectivity index (χ4v) is 1.18. The van der Waals surface area contributed by atoms with Crippen LogP contribution in [0.3, 0.4) is 0 Å². The van der Waals surface area contributed by atoms with Crippen LogP contribution in [0.15, 0.2) is 16.7 Å². The van der Waals surface area contributed by atoms with E-state index in [1.165, 1.54) is 0 Å². The summed E-state index contributed by atoms with van der Waals surface area (Å²) in [4.78, 5) is 30.7. The molecule has 0 heterocycles. The predicted octanol–water partition coefficient (Wildman–Crippen LogP) is 1.71. The van der Waals surface area contributed by atoms with Gasteiger partial charge in [0.1, 0.15) is 17.8 Å². The molecular formula is C9H9Cl3O3. The van der Waals surface area contributed by atoms with Gasteiger partial charge in [-0.05, 0) is 0 Å². The Hall–Kier alpha value is -0.780. The molecule has 1 aliphatic carbocycles. The molecule has 1 rings (SSSR count). The van der Waals surface area contributed by atoms with Gasteiger partial charge in [0.2, 0.25) is 0 Å². The topological polar surface area (TPSA) is 51.2 Å². The van der Waals surface area contributed by atoms with Crippen molar-refractivity contribution in [3.05, 3.63) is 16.7 Å². The van der Waals surface area contributed by atoms with E-state index in [0.717, 1.165) is 0 Å². The molecule has 1 fully saturated rings. The summed E-state index contributed by atoms with van der Waals surface area (Å²) in [5, 5.41) is 0. The lowest BCUT2D eigenvalue weighted by molar-refractivity contribution is 0.559. The number of hydrogen-bond acceptors (Lipinski definition) is 3. The molecule has 1 aliphatic rings. The highest BCUT2D eigenvalue weighted by molar-refractivity contribution is 5.86. The van der Waals surface area contributed by atoms with Gasteiger partial charge in [-0.1, -0.05) is 0 Å². The Morgan fingerprint density at radius 3 is 0.933 bits per heavy atom. The Morgan fingerprint density at radius 1 is 0.600 bits per heavy atom. The van der Waals surface area contributed by atoms with Crippen LogP contribution in [-0.4, -0.2) is 17.8 Å². The van der Waals surface area contributed by atoms with E-state index < -0.39 is 0 Å². The third-order valence-electron chi connectivity index (χ3n) is 1.71. The number of allylic oxidation sites excluding steroid dienone is 3. The minimum absolute atomic E-state index is 0. The minimum Gasteiger partial charge on any atom is -0.234 e. The molecule has 6 heteroatoms. The van der Waals surface area contributed by atoms with Crippen LogP contribution < -0.4 is 0 Å². The number of halogens is 3. The summed E-state index contributed by atoms with van der Waals surface area (Å²) in [5.41, 5.74) is 1.29. The first-order chi connectivity index (χ1) is 5.80. The molecule has 1 saturated carbocycles. The van der Waals surface area contributed by atoms with Crippen molar-refractivity contribution in [3.8, 4) is 0 Å². The van der Waals surface area contributed by atoms with E-state index in [9.17, 15) is 14.4 Å². The van der Waals surface area contributed by atoms with Gasteiger partial charge in [0, 0.05) is 36.0 Å². The van der Waals surface area contributed by atoms with Crippen LogP contribution in [0, 0.1) is 0 Å². The lowest BCUT2D eigenvalue weighted by Gasteiger charge is -2.11. The summed E-state index contributed by atoms with van der Waals surface area (Å²) in [7, 11) is 0. The van der Waals surface area contributed by atoms with E-state index in [-0.39, 0.29) is 37.2 Å². The molecule has 0 amide bonds. The van der Waals surface area contributed by atoms with E-state index in [4.69, 9.17) is 0 Å². The van der Waals surface area contributed by atoms with E-state index >= 15 is 0 Å². The van der Waals surface area contributed by atoms with Crippen molar-refractivity contribution < 1.29 is 14.4 Å². The van der Waals surface area contributed by atoms with Gasteiger partial charge in [0.25, 0.3) is 0 Å². The zero-order valence-electron chi connectivity index (χ0n) is 7.57. The predicted molar refractivity (Wildman–Crippen MR) is 63.2 cm³/mol. The first kappa shape index (κ1) is 19.7.